The van der Waals surface area contributed by atoms with Crippen LogP contribution in [0.3, 0.4) is 0 Å². The first-order valence-electron chi connectivity index (χ1n) is 15.4. The third-order valence-corrected chi connectivity index (χ3v) is 8.17. The molecule has 0 aromatic carbocycles. The van der Waals surface area contributed by atoms with Crippen LogP contribution in [0.5, 0.6) is 0 Å². The molecule has 1 amide bonds. The number of hydrogen-bond donors (Lipinski definition) is 4. The van der Waals surface area contributed by atoms with E-state index in [4.69, 9.17) is 25.7 Å². The molecule has 1 aliphatic carbocycles. The molecule has 240 valence electrons. The molecule has 1 heterocycles. The zero-order valence-corrected chi connectivity index (χ0v) is 26.9. The number of carbonyl (C=O) groups is 1. The number of aliphatic hydroxyl groups is 1. The van der Waals surface area contributed by atoms with Gasteiger partial charge in [-0.3, -0.25) is 9.79 Å². The van der Waals surface area contributed by atoms with Crippen LogP contribution in [0, 0.1) is 0 Å². The number of hydrogen-bond acceptors (Lipinski definition) is 9. The molecule has 10 nitrogen and oxygen atoms in total. The minimum Gasteiger partial charge on any atom is -0.388 e. The van der Waals surface area contributed by atoms with Crippen LogP contribution < -0.4 is 16.8 Å². The van der Waals surface area contributed by atoms with E-state index in [0.717, 1.165) is 38.5 Å². The predicted octanol–water partition coefficient (Wildman–Crippen LogP) is 2.85. The van der Waals surface area contributed by atoms with Gasteiger partial charge in [0.15, 0.2) is 6.29 Å². The topological polar surface area (TPSA) is 145 Å². The van der Waals surface area contributed by atoms with Gasteiger partial charge < -0.3 is 41.0 Å². The third kappa shape index (κ3) is 11.6. The van der Waals surface area contributed by atoms with Crippen molar-refractivity contribution in [3.63, 3.8) is 0 Å². The van der Waals surface area contributed by atoms with Gasteiger partial charge in [-0.15, -0.1) is 0 Å². The summed E-state index contributed by atoms with van der Waals surface area (Å²) in [7, 11) is 5.09. The number of carbonyl (C=O) groups excluding carboxylic acids is 1. The minimum absolute atomic E-state index is 0.0303. The Bertz CT molecular complexity index is 948. The van der Waals surface area contributed by atoms with Gasteiger partial charge in [0.25, 0.3) is 0 Å². The molecule has 0 radical (unpaired) electrons. The predicted molar refractivity (Wildman–Crippen MR) is 169 cm³/mol. The molecule has 0 aromatic heterocycles. The number of aliphatic imine (C=N–C) groups is 1. The lowest BCUT2D eigenvalue weighted by Crippen LogP contribution is -2.66. The summed E-state index contributed by atoms with van der Waals surface area (Å²) < 4.78 is 17.9. The number of rotatable bonds is 15. The molecule has 42 heavy (non-hydrogen) atoms. The highest BCUT2D eigenvalue weighted by molar-refractivity contribution is 5.81. The minimum atomic E-state index is -1.09. The number of aliphatic hydroxyl groups excluding tert-OH is 1. The van der Waals surface area contributed by atoms with E-state index in [1.165, 1.54) is 21.6 Å². The largest absolute Gasteiger partial charge is 0.388 e. The zero-order valence-electron chi connectivity index (χ0n) is 26.9. The third-order valence-electron chi connectivity index (χ3n) is 8.17. The standard InChI is InChI=1S/C32H57N5O5/c1-21(2)10-8-11-22(3)12-9-13-23(4)16-17-36-20-28(38)37(6)29-27(40-7)18-26(34)31(30(29)39)42-32-25(33)15-14-24(41-32)19-35-5/h10,12,16-17,24-27,29-32,35,39H,8-9,11,13-15,18-20,33-34H2,1-7H3/b22-12+,23-16+,36-17?/t24?,25-,26?,27+,29?,30+,31+,32-/m1/s1. The summed E-state index contributed by atoms with van der Waals surface area (Å²) in [6, 6.07) is -1.49. The van der Waals surface area contributed by atoms with Gasteiger partial charge in [0.1, 0.15) is 18.8 Å². The molecule has 0 bridgehead atoms. The lowest BCUT2D eigenvalue weighted by atomic mass is 9.83. The first-order chi connectivity index (χ1) is 20.0. The molecular weight excluding hydrogens is 534 g/mol. The summed E-state index contributed by atoms with van der Waals surface area (Å²) >= 11 is 0. The first kappa shape index (κ1) is 36.3. The molecule has 2 rings (SSSR count). The van der Waals surface area contributed by atoms with Crippen LogP contribution in [0.1, 0.15) is 72.6 Å². The van der Waals surface area contributed by atoms with E-state index >= 15 is 0 Å². The van der Waals surface area contributed by atoms with Gasteiger partial charge in [0.05, 0.1) is 24.3 Å². The second-order valence-electron chi connectivity index (χ2n) is 12.1. The number of ether oxygens (including phenoxy) is 3. The average molecular weight is 592 g/mol. The van der Waals surface area contributed by atoms with Crippen molar-refractivity contribution in [3.05, 3.63) is 34.9 Å². The number of nitrogens with one attached hydrogen (secondary N) is 1. The first-order valence-corrected chi connectivity index (χ1v) is 15.4. The molecule has 6 N–H and O–H groups in total. The molecule has 8 atom stereocenters. The maximum Gasteiger partial charge on any atom is 0.244 e. The summed E-state index contributed by atoms with van der Waals surface area (Å²) in [4.78, 5) is 18.9. The van der Waals surface area contributed by atoms with Crippen LogP contribution in [-0.4, -0.2) is 105 Å². The van der Waals surface area contributed by atoms with Gasteiger partial charge in [-0.25, -0.2) is 0 Å². The van der Waals surface area contributed by atoms with E-state index in [1.807, 2.05) is 13.1 Å². The van der Waals surface area contributed by atoms with E-state index < -0.39 is 36.7 Å². The van der Waals surface area contributed by atoms with Crippen LogP contribution in [0.25, 0.3) is 0 Å². The van der Waals surface area contributed by atoms with Gasteiger partial charge in [0.2, 0.25) is 5.91 Å². The van der Waals surface area contributed by atoms with Crippen molar-refractivity contribution in [1.82, 2.24) is 10.2 Å². The number of methoxy groups -OCH3 is 1. The van der Waals surface area contributed by atoms with Crippen LogP contribution >= 0.6 is 0 Å². The Morgan fingerprint density at radius 2 is 1.79 bits per heavy atom. The molecular formula is C32H57N5O5. The highest BCUT2D eigenvalue weighted by Gasteiger charge is 2.48. The average Bonchev–Trinajstić information content (AvgIpc) is 2.94. The molecule has 2 fully saturated rings. The smallest absolute Gasteiger partial charge is 0.244 e. The SMILES string of the molecule is CNCC1CC[C@@H](N)[C@@H](O[C@H]2C(N)C[C@H](OC)C(N(C)C(=O)CN=C/C=C(\C)CC/C=C(\C)CCC=C(C)C)[C@@H]2O)O1. The Hall–Kier alpha value is -1.92. The summed E-state index contributed by atoms with van der Waals surface area (Å²) in [5.41, 5.74) is 16.7. The molecule has 2 aliphatic rings. The molecule has 3 unspecified atom stereocenters. The summed E-state index contributed by atoms with van der Waals surface area (Å²) in [6.07, 6.45) is 11.3. The van der Waals surface area contributed by atoms with Gasteiger partial charge in [-0.05, 0) is 85.8 Å². The fourth-order valence-electron chi connectivity index (χ4n) is 5.55. The second kappa shape index (κ2) is 18.7. The summed E-state index contributed by atoms with van der Waals surface area (Å²) in [5.74, 6) is -0.229. The van der Waals surface area contributed by atoms with E-state index in [9.17, 15) is 9.90 Å². The Balaban J connectivity index is 1.94. The Morgan fingerprint density at radius 3 is 2.45 bits per heavy atom. The Kier molecular flexibility index (Phi) is 16.1. The molecule has 10 heteroatoms. The zero-order chi connectivity index (χ0) is 31.2. The van der Waals surface area contributed by atoms with Crippen molar-refractivity contribution in [2.75, 3.05) is 34.3 Å². The van der Waals surface area contributed by atoms with Gasteiger partial charge >= 0.3 is 0 Å². The van der Waals surface area contributed by atoms with Crippen LogP contribution in [0.15, 0.2) is 39.9 Å². The second-order valence-corrected chi connectivity index (χ2v) is 12.1. The highest BCUT2D eigenvalue weighted by atomic mass is 16.7. The van der Waals surface area contributed by atoms with Crippen LogP contribution in [0.4, 0.5) is 0 Å². The van der Waals surface area contributed by atoms with Gasteiger partial charge in [-0.1, -0.05) is 28.9 Å². The lowest BCUT2D eigenvalue weighted by Gasteiger charge is -2.48. The van der Waals surface area contributed by atoms with E-state index in [1.54, 1.807) is 20.4 Å². The molecule has 1 aliphatic heterocycles. The van der Waals surface area contributed by atoms with Crippen molar-refractivity contribution >= 4 is 12.1 Å². The van der Waals surface area contributed by atoms with E-state index in [2.05, 4.69) is 50.2 Å². The maximum atomic E-state index is 13.1. The summed E-state index contributed by atoms with van der Waals surface area (Å²) in [6.45, 7) is 9.15. The monoisotopic (exact) mass is 591 g/mol. The summed E-state index contributed by atoms with van der Waals surface area (Å²) in [5, 5.41) is 14.5. The van der Waals surface area contributed by atoms with Crippen LogP contribution in [-0.2, 0) is 19.0 Å². The molecule has 1 saturated carbocycles. The van der Waals surface area contributed by atoms with Crippen LogP contribution in [0.2, 0.25) is 0 Å². The van der Waals surface area contributed by atoms with E-state index in [-0.39, 0.29) is 24.6 Å². The maximum absolute atomic E-state index is 13.1. The highest BCUT2D eigenvalue weighted by Crippen LogP contribution is 2.30. The number of nitrogens with zero attached hydrogens (tertiary/aromatic N) is 2. The molecule has 0 aromatic rings. The number of likely N-dealkylation sites (N-methyl/N-ethyl adjacent to an activating group) is 2. The van der Waals surface area contributed by atoms with Crippen molar-refractivity contribution < 1.29 is 24.1 Å². The molecule has 1 saturated heterocycles. The molecule has 0 spiro atoms. The number of allylic oxidation sites excluding steroid dienone is 6. The fourth-order valence-corrected chi connectivity index (χ4v) is 5.55. The van der Waals surface area contributed by atoms with Crippen molar-refractivity contribution in [2.45, 2.75) is 121 Å². The Morgan fingerprint density at radius 1 is 1.10 bits per heavy atom. The van der Waals surface area contributed by atoms with Crippen molar-refractivity contribution in [3.8, 4) is 0 Å². The normalized spacial score (nSPS) is 30.9. The van der Waals surface area contributed by atoms with Gasteiger partial charge in [-0.2, -0.15) is 0 Å². The fraction of sp³-hybridized carbons (Fsp3) is 0.750. The van der Waals surface area contributed by atoms with E-state index in [0.29, 0.717) is 13.0 Å². The quantitative estimate of drug-likeness (QED) is 0.168. The van der Waals surface area contributed by atoms with Crippen molar-refractivity contribution in [2.24, 2.45) is 16.5 Å². The van der Waals surface area contributed by atoms with Crippen molar-refractivity contribution in [1.29, 1.82) is 0 Å². The number of amides is 1. The lowest BCUT2D eigenvalue weighted by molar-refractivity contribution is -0.254. The number of nitrogens with two attached hydrogens (primary N) is 2. The van der Waals surface area contributed by atoms with Gasteiger partial charge in [0, 0.05) is 33.0 Å². The Labute approximate surface area is 253 Å².